The summed E-state index contributed by atoms with van der Waals surface area (Å²) in [6.07, 6.45) is 2.72. The summed E-state index contributed by atoms with van der Waals surface area (Å²) in [5.41, 5.74) is 2.05. The zero-order valence-corrected chi connectivity index (χ0v) is 13.5. The molecular formula is C16H18ClNO2S. The molecule has 0 atom stereocenters. The van der Waals surface area contributed by atoms with E-state index in [0.717, 1.165) is 33.4 Å². The first kappa shape index (κ1) is 16.0. The third-order valence-electron chi connectivity index (χ3n) is 2.99. The number of halogens is 1. The third kappa shape index (κ3) is 5.86. The molecule has 0 spiro atoms. The first-order valence-electron chi connectivity index (χ1n) is 6.96. The fraction of sp³-hybridized carbons (Fsp3) is 0.375. The molecule has 2 aromatic heterocycles. The molecule has 0 radical (unpaired) electrons. The van der Waals surface area contributed by atoms with Crippen LogP contribution in [-0.4, -0.2) is 17.6 Å². The van der Waals surface area contributed by atoms with Crippen molar-refractivity contribution in [2.24, 2.45) is 0 Å². The predicted octanol–water partition coefficient (Wildman–Crippen LogP) is 4.21. The largest absolute Gasteiger partial charge is 0.466 e. The summed E-state index contributed by atoms with van der Waals surface area (Å²) in [7, 11) is 0. The summed E-state index contributed by atoms with van der Waals surface area (Å²) in [6, 6.07) is 9.76. The Kier molecular flexibility index (Phi) is 6.21. The minimum Gasteiger partial charge on any atom is -0.466 e. The predicted molar refractivity (Wildman–Crippen MR) is 85.9 cm³/mol. The van der Waals surface area contributed by atoms with Crippen LogP contribution in [0.15, 0.2) is 30.3 Å². The highest BCUT2D eigenvalue weighted by Crippen LogP contribution is 2.22. The standard InChI is InChI=1S/C16H18ClNO2S/c1-12-4-2-5-13(18-12)6-3-11-20-16(19)10-8-14-7-9-15(17)21-14/h2,4-5,7,9H,3,6,8,10-11H2,1H3. The summed E-state index contributed by atoms with van der Waals surface area (Å²) < 4.78 is 5.98. The number of nitrogens with zero attached hydrogens (tertiary/aromatic N) is 1. The zero-order chi connectivity index (χ0) is 15.1. The Morgan fingerprint density at radius 1 is 1.29 bits per heavy atom. The van der Waals surface area contributed by atoms with Gasteiger partial charge in [0, 0.05) is 16.3 Å². The molecule has 0 bridgehead atoms. The molecule has 2 heterocycles. The van der Waals surface area contributed by atoms with E-state index in [1.54, 1.807) is 0 Å². The second-order valence-electron chi connectivity index (χ2n) is 4.80. The van der Waals surface area contributed by atoms with E-state index in [1.165, 1.54) is 11.3 Å². The van der Waals surface area contributed by atoms with Crippen LogP contribution in [0.5, 0.6) is 0 Å². The van der Waals surface area contributed by atoms with E-state index >= 15 is 0 Å². The minimum atomic E-state index is -0.156. The number of aromatic nitrogens is 1. The summed E-state index contributed by atoms with van der Waals surface area (Å²) >= 11 is 7.35. The van der Waals surface area contributed by atoms with Gasteiger partial charge in [0.25, 0.3) is 0 Å². The quantitative estimate of drug-likeness (QED) is 0.566. The van der Waals surface area contributed by atoms with E-state index in [4.69, 9.17) is 16.3 Å². The van der Waals surface area contributed by atoms with Crippen molar-refractivity contribution in [2.45, 2.75) is 32.6 Å². The molecule has 0 fully saturated rings. The SMILES string of the molecule is Cc1cccc(CCCOC(=O)CCc2ccc(Cl)s2)n1. The number of carbonyl (C=O) groups excluding carboxylic acids is 1. The maximum atomic E-state index is 11.6. The lowest BCUT2D eigenvalue weighted by Gasteiger charge is -2.05. The molecule has 0 saturated carbocycles. The van der Waals surface area contributed by atoms with Gasteiger partial charge < -0.3 is 4.74 Å². The monoisotopic (exact) mass is 323 g/mol. The second-order valence-corrected chi connectivity index (χ2v) is 6.60. The van der Waals surface area contributed by atoms with Crippen LogP contribution in [-0.2, 0) is 22.4 Å². The van der Waals surface area contributed by atoms with Crippen molar-refractivity contribution in [3.8, 4) is 0 Å². The molecule has 0 aliphatic carbocycles. The molecule has 2 rings (SSSR count). The van der Waals surface area contributed by atoms with Crippen molar-refractivity contribution in [3.05, 3.63) is 50.9 Å². The number of hydrogen-bond acceptors (Lipinski definition) is 4. The van der Waals surface area contributed by atoms with Crippen LogP contribution >= 0.6 is 22.9 Å². The highest BCUT2D eigenvalue weighted by Gasteiger charge is 2.05. The van der Waals surface area contributed by atoms with E-state index in [-0.39, 0.29) is 5.97 Å². The highest BCUT2D eigenvalue weighted by molar-refractivity contribution is 7.16. The molecule has 21 heavy (non-hydrogen) atoms. The molecule has 0 saturated heterocycles. The normalized spacial score (nSPS) is 10.6. The van der Waals surface area contributed by atoms with Crippen molar-refractivity contribution in [1.82, 2.24) is 4.98 Å². The van der Waals surface area contributed by atoms with Gasteiger partial charge in [-0.25, -0.2) is 0 Å². The van der Waals surface area contributed by atoms with Crippen LogP contribution < -0.4 is 0 Å². The topological polar surface area (TPSA) is 39.2 Å². The lowest BCUT2D eigenvalue weighted by molar-refractivity contribution is -0.143. The van der Waals surface area contributed by atoms with Gasteiger partial charge in [-0.3, -0.25) is 9.78 Å². The summed E-state index contributed by atoms with van der Waals surface area (Å²) in [5, 5.41) is 0. The van der Waals surface area contributed by atoms with Crippen molar-refractivity contribution in [1.29, 1.82) is 0 Å². The number of thiophene rings is 1. The van der Waals surface area contributed by atoms with E-state index in [2.05, 4.69) is 4.98 Å². The van der Waals surface area contributed by atoms with Crippen LogP contribution in [0.3, 0.4) is 0 Å². The molecule has 0 aromatic carbocycles. The third-order valence-corrected chi connectivity index (χ3v) is 4.28. The summed E-state index contributed by atoms with van der Waals surface area (Å²) in [5.74, 6) is -0.156. The first-order valence-corrected chi connectivity index (χ1v) is 8.15. The van der Waals surface area contributed by atoms with Gasteiger partial charge in [-0.1, -0.05) is 17.7 Å². The Hall–Kier alpha value is -1.39. The molecule has 0 unspecified atom stereocenters. The van der Waals surface area contributed by atoms with Crippen LogP contribution in [0.4, 0.5) is 0 Å². The summed E-state index contributed by atoms with van der Waals surface area (Å²) in [6.45, 7) is 2.42. The Labute approximate surface area is 133 Å². The molecule has 5 heteroatoms. The van der Waals surface area contributed by atoms with Crippen LogP contribution in [0.25, 0.3) is 0 Å². The average molecular weight is 324 g/mol. The molecule has 3 nitrogen and oxygen atoms in total. The molecule has 112 valence electrons. The van der Waals surface area contributed by atoms with Gasteiger partial charge in [-0.15, -0.1) is 11.3 Å². The molecular weight excluding hydrogens is 306 g/mol. The highest BCUT2D eigenvalue weighted by atomic mass is 35.5. The smallest absolute Gasteiger partial charge is 0.306 e. The first-order chi connectivity index (χ1) is 10.1. The average Bonchev–Trinajstić information content (AvgIpc) is 2.87. The molecule has 2 aromatic rings. The Morgan fingerprint density at radius 2 is 2.14 bits per heavy atom. The maximum absolute atomic E-state index is 11.6. The minimum absolute atomic E-state index is 0.156. The molecule has 0 aliphatic heterocycles. The van der Waals surface area contributed by atoms with Gasteiger partial charge in [0.05, 0.1) is 17.4 Å². The van der Waals surface area contributed by atoms with E-state index in [9.17, 15) is 4.79 Å². The number of hydrogen-bond donors (Lipinski definition) is 0. The number of aryl methyl sites for hydroxylation is 3. The number of esters is 1. The van der Waals surface area contributed by atoms with Crippen LogP contribution in [0.2, 0.25) is 4.34 Å². The maximum Gasteiger partial charge on any atom is 0.306 e. The van der Waals surface area contributed by atoms with Gasteiger partial charge in [0.1, 0.15) is 0 Å². The molecule has 0 aliphatic rings. The van der Waals surface area contributed by atoms with Gasteiger partial charge in [-0.05, 0) is 50.5 Å². The molecule has 0 amide bonds. The Balaban J connectivity index is 1.61. The lowest BCUT2D eigenvalue weighted by Crippen LogP contribution is -2.07. The number of carbonyl (C=O) groups is 1. The summed E-state index contributed by atoms with van der Waals surface area (Å²) in [4.78, 5) is 17.2. The fourth-order valence-electron chi connectivity index (χ4n) is 1.96. The fourth-order valence-corrected chi connectivity index (χ4v) is 3.05. The van der Waals surface area contributed by atoms with E-state index in [0.29, 0.717) is 19.4 Å². The van der Waals surface area contributed by atoms with E-state index < -0.39 is 0 Å². The Bertz CT molecular complexity index is 597. The van der Waals surface area contributed by atoms with Gasteiger partial charge in [0.2, 0.25) is 0 Å². The van der Waals surface area contributed by atoms with Crippen molar-refractivity contribution >= 4 is 28.9 Å². The lowest BCUT2D eigenvalue weighted by atomic mass is 10.2. The number of ether oxygens (including phenoxy) is 1. The van der Waals surface area contributed by atoms with E-state index in [1.807, 2.05) is 37.3 Å². The number of pyridine rings is 1. The van der Waals surface area contributed by atoms with Crippen LogP contribution in [0.1, 0.15) is 29.1 Å². The molecule has 0 N–H and O–H groups in total. The second kappa shape index (κ2) is 8.15. The zero-order valence-electron chi connectivity index (χ0n) is 12.0. The Morgan fingerprint density at radius 3 is 2.86 bits per heavy atom. The van der Waals surface area contributed by atoms with Crippen molar-refractivity contribution < 1.29 is 9.53 Å². The number of rotatable bonds is 7. The van der Waals surface area contributed by atoms with Gasteiger partial charge in [0.15, 0.2) is 0 Å². The van der Waals surface area contributed by atoms with Gasteiger partial charge >= 0.3 is 5.97 Å². The van der Waals surface area contributed by atoms with Crippen LogP contribution in [0, 0.1) is 6.92 Å². The van der Waals surface area contributed by atoms with Gasteiger partial charge in [-0.2, -0.15) is 0 Å². The van der Waals surface area contributed by atoms with Crippen molar-refractivity contribution in [2.75, 3.05) is 6.61 Å². The van der Waals surface area contributed by atoms with Crippen molar-refractivity contribution in [3.63, 3.8) is 0 Å².